The largest absolute Gasteiger partial charge is 0.472 e. The molecule has 2 heterocycles. The molecule has 1 aromatic carbocycles. The molecule has 0 spiro atoms. The van der Waals surface area contributed by atoms with Crippen LogP contribution < -0.4 is 0 Å². The van der Waals surface area contributed by atoms with E-state index in [9.17, 15) is 22.8 Å². The van der Waals surface area contributed by atoms with Gasteiger partial charge in [-0.2, -0.15) is 8.42 Å². The molecular weight excluding hydrogens is 512 g/mol. The van der Waals surface area contributed by atoms with Gasteiger partial charge in [0.1, 0.15) is 12.2 Å². The Bertz CT molecular complexity index is 1350. The van der Waals surface area contributed by atoms with E-state index >= 15 is 0 Å². The van der Waals surface area contributed by atoms with Crippen molar-refractivity contribution in [3.8, 4) is 0 Å². The van der Waals surface area contributed by atoms with E-state index in [4.69, 9.17) is 18.1 Å². The zero-order valence-electron chi connectivity index (χ0n) is 21.8. The Morgan fingerprint density at radius 2 is 1.79 bits per heavy atom. The first-order valence-electron chi connectivity index (χ1n) is 12.7. The average Bonchev–Trinajstić information content (AvgIpc) is 3.40. The first kappa shape index (κ1) is 26.6. The number of cyclic esters (lactones) is 1. The summed E-state index contributed by atoms with van der Waals surface area (Å²) in [7, 11) is -3.03. The molecule has 3 aliphatic rings. The van der Waals surface area contributed by atoms with E-state index < -0.39 is 68.6 Å². The van der Waals surface area contributed by atoms with Crippen LogP contribution in [-0.2, 0) is 38.2 Å². The molecule has 5 rings (SSSR count). The molecule has 1 saturated heterocycles. The molecule has 0 bridgehead atoms. The lowest BCUT2D eigenvalue weighted by molar-refractivity contribution is -0.206. The monoisotopic (exact) mass is 544 g/mol. The van der Waals surface area contributed by atoms with Gasteiger partial charge < -0.3 is 13.9 Å². The topological polar surface area (TPSA) is 126 Å². The van der Waals surface area contributed by atoms with E-state index in [1.807, 2.05) is 20.8 Å². The predicted molar refractivity (Wildman–Crippen MR) is 133 cm³/mol. The van der Waals surface area contributed by atoms with Crippen LogP contribution in [0.2, 0.25) is 0 Å². The van der Waals surface area contributed by atoms with E-state index in [1.54, 1.807) is 18.2 Å². The highest BCUT2D eigenvalue weighted by Gasteiger charge is 2.67. The summed E-state index contributed by atoms with van der Waals surface area (Å²) in [5, 5.41) is 0. The van der Waals surface area contributed by atoms with Crippen molar-refractivity contribution in [3.63, 3.8) is 0 Å². The Morgan fingerprint density at radius 3 is 2.42 bits per heavy atom. The summed E-state index contributed by atoms with van der Waals surface area (Å²) in [6.07, 6.45) is 2.00. The summed E-state index contributed by atoms with van der Waals surface area (Å²) < 4.78 is 48.0. The maximum Gasteiger partial charge on any atom is 0.310 e. The number of hydrogen-bond acceptors (Lipinski definition) is 9. The van der Waals surface area contributed by atoms with Gasteiger partial charge in [0.25, 0.3) is 10.1 Å². The van der Waals surface area contributed by atoms with Crippen LogP contribution in [0.4, 0.5) is 0 Å². The van der Waals surface area contributed by atoms with Crippen LogP contribution in [0.3, 0.4) is 0 Å². The number of carbonyl (C=O) groups is 3. The van der Waals surface area contributed by atoms with Crippen molar-refractivity contribution in [2.45, 2.75) is 63.6 Å². The van der Waals surface area contributed by atoms with Crippen molar-refractivity contribution in [1.82, 2.24) is 0 Å². The number of fused-ring (bicyclic) bond motifs is 3. The summed E-state index contributed by atoms with van der Waals surface area (Å²) in [6.45, 7) is 5.57. The van der Waals surface area contributed by atoms with Gasteiger partial charge >= 0.3 is 11.9 Å². The van der Waals surface area contributed by atoms with Gasteiger partial charge in [0.2, 0.25) is 0 Å². The second-order valence-corrected chi connectivity index (χ2v) is 12.9. The minimum absolute atomic E-state index is 0.0761. The highest BCUT2D eigenvalue weighted by atomic mass is 32.2. The molecule has 2 aliphatic carbocycles. The molecule has 9 nitrogen and oxygen atoms in total. The van der Waals surface area contributed by atoms with Crippen LogP contribution in [0.1, 0.15) is 56.8 Å². The summed E-state index contributed by atoms with van der Waals surface area (Å²) in [5.74, 6) is -3.58. The highest BCUT2D eigenvalue weighted by Crippen LogP contribution is 2.65. The number of rotatable bonds is 5. The van der Waals surface area contributed by atoms with Crippen molar-refractivity contribution in [2.75, 3.05) is 7.11 Å². The van der Waals surface area contributed by atoms with Crippen molar-refractivity contribution in [2.24, 2.45) is 28.6 Å². The van der Waals surface area contributed by atoms with Crippen LogP contribution in [0.5, 0.6) is 0 Å². The smallest absolute Gasteiger partial charge is 0.310 e. The Balaban J connectivity index is 1.56. The van der Waals surface area contributed by atoms with E-state index in [1.165, 1.54) is 31.8 Å². The SMILES string of the molecule is COC(=O)[C@@H]1C[C@H](OS(=O)(=O)c2ccc(C)cc2)C(=O)[C@H]2C1(C)CCC1C(=O)OC(c3ccoc3)C[C@@]12C. The standard InChI is InChI=1S/C28H32O9S/c1-16-5-7-18(8-6-16)38(32,33)37-21-13-20(25(30)34-4)27(2)11-9-19-26(31)36-22(17-10-12-35-15-17)14-28(19,3)24(27)23(21)29/h5-8,10,12,15,19-22,24H,9,11,13-14H2,1-4H3/t19?,20-,21-,22?,24-,27?,28-/m0/s1. The second-order valence-electron chi connectivity index (χ2n) is 11.3. The molecule has 0 radical (unpaired) electrons. The van der Waals surface area contributed by atoms with Crippen LogP contribution >= 0.6 is 0 Å². The third kappa shape index (κ3) is 4.18. The number of ketones is 1. The number of Topliss-reactive ketones (excluding diaryl/α,β-unsaturated/α-hetero) is 1. The average molecular weight is 545 g/mol. The number of carbonyl (C=O) groups excluding carboxylic acids is 3. The van der Waals surface area contributed by atoms with Crippen LogP contribution in [0.25, 0.3) is 0 Å². The van der Waals surface area contributed by atoms with Gasteiger partial charge in [-0.25, -0.2) is 0 Å². The fraction of sp³-hybridized carbons (Fsp3) is 0.536. The Labute approximate surface area is 221 Å². The van der Waals surface area contributed by atoms with Gasteiger partial charge in [-0.05, 0) is 61.6 Å². The van der Waals surface area contributed by atoms with Gasteiger partial charge in [-0.3, -0.25) is 18.6 Å². The number of ether oxygens (including phenoxy) is 2. The quantitative estimate of drug-likeness (QED) is 0.403. The van der Waals surface area contributed by atoms with E-state index in [-0.39, 0.29) is 11.3 Å². The van der Waals surface area contributed by atoms with Crippen LogP contribution in [0, 0.1) is 35.5 Å². The summed E-state index contributed by atoms with van der Waals surface area (Å²) in [6, 6.07) is 7.84. The number of esters is 2. The molecule has 1 aromatic heterocycles. The minimum atomic E-state index is -4.31. The maximum absolute atomic E-state index is 14.2. The third-order valence-electron chi connectivity index (χ3n) is 9.06. The minimum Gasteiger partial charge on any atom is -0.472 e. The van der Waals surface area contributed by atoms with Crippen LogP contribution in [0.15, 0.2) is 52.2 Å². The van der Waals surface area contributed by atoms with E-state index in [0.717, 1.165) is 5.56 Å². The Morgan fingerprint density at radius 1 is 1.08 bits per heavy atom. The lowest BCUT2D eigenvalue weighted by atomic mass is 9.43. The van der Waals surface area contributed by atoms with Gasteiger partial charge in [0.15, 0.2) is 5.78 Å². The Hall–Kier alpha value is -2.98. The lowest BCUT2D eigenvalue weighted by Crippen LogP contribution is -2.64. The fourth-order valence-electron chi connectivity index (χ4n) is 7.16. The molecule has 3 fully saturated rings. The molecule has 1 aliphatic heterocycles. The molecular formula is C28H32O9S. The molecule has 2 aromatic rings. The van der Waals surface area contributed by atoms with Crippen LogP contribution in [-0.4, -0.2) is 39.4 Å². The third-order valence-corrected chi connectivity index (χ3v) is 10.4. The first-order chi connectivity index (χ1) is 17.9. The number of methoxy groups -OCH3 is 1. The van der Waals surface area contributed by atoms with Crippen molar-refractivity contribution < 1.29 is 40.9 Å². The van der Waals surface area contributed by atoms with Gasteiger partial charge in [-0.15, -0.1) is 0 Å². The zero-order valence-corrected chi connectivity index (χ0v) is 22.7. The molecule has 3 unspecified atom stereocenters. The summed E-state index contributed by atoms with van der Waals surface area (Å²) >= 11 is 0. The normalized spacial score (nSPS) is 35.1. The zero-order chi connectivity index (χ0) is 27.5. The molecule has 10 heteroatoms. The van der Waals surface area contributed by atoms with E-state index in [2.05, 4.69) is 0 Å². The number of benzene rings is 1. The molecule has 2 saturated carbocycles. The highest BCUT2D eigenvalue weighted by molar-refractivity contribution is 7.86. The van der Waals surface area contributed by atoms with Crippen molar-refractivity contribution >= 4 is 27.8 Å². The number of hydrogen-bond donors (Lipinski definition) is 0. The maximum atomic E-state index is 14.2. The number of furan rings is 1. The molecule has 0 amide bonds. The molecule has 0 N–H and O–H groups in total. The Kier molecular flexibility index (Phi) is 6.54. The first-order valence-corrected chi connectivity index (χ1v) is 14.2. The molecule has 38 heavy (non-hydrogen) atoms. The summed E-state index contributed by atoms with van der Waals surface area (Å²) in [4.78, 5) is 40.5. The number of aryl methyl sites for hydroxylation is 1. The van der Waals surface area contributed by atoms with Gasteiger partial charge in [-0.1, -0.05) is 31.5 Å². The lowest BCUT2D eigenvalue weighted by Gasteiger charge is -2.61. The molecule has 7 atom stereocenters. The van der Waals surface area contributed by atoms with Crippen molar-refractivity contribution in [1.29, 1.82) is 0 Å². The fourth-order valence-corrected chi connectivity index (χ4v) is 8.22. The van der Waals surface area contributed by atoms with Gasteiger partial charge in [0.05, 0.1) is 36.4 Å². The van der Waals surface area contributed by atoms with Gasteiger partial charge in [0, 0.05) is 11.5 Å². The second kappa shape index (κ2) is 9.34. The van der Waals surface area contributed by atoms with Crippen molar-refractivity contribution in [3.05, 3.63) is 54.0 Å². The van der Waals surface area contributed by atoms with E-state index in [0.29, 0.717) is 24.8 Å². The predicted octanol–water partition coefficient (Wildman–Crippen LogP) is 4.15. The molecule has 204 valence electrons. The summed E-state index contributed by atoms with van der Waals surface area (Å²) in [5.41, 5.74) is -0.227.